The second-order valence-corrected chi connectivity index (χ2v) is 8.78. The first-order valence-electron chi connectivity index (χ1n) is 9.61. The van der Waals surface area contributed by atoms with Gasteiger partial charge in [0.2, 0.25) is 5.91 Å². The fraction of sp³-hybridized carbons (Fsp3) is 0.261. The largest absolute Gasteiger partial charge is 0.358 e. The number of allylic oxidation sites excluding steroid dienone is 1. The Morgan fingerprint density at radius 2 is 2.00 bits per heavy atom. The standard InChI is InChI=1S/C23H24N4OS/c1-16-12-23(2,3)27(14-17-7-5-4-6-8-17)20-10-9-18(11-19(16)20)13-24-26-22-25-21(28)15-29-22/h4-13H,14-15H2,1-3H3,(H,25,26,28). The fourth-order valence-electron chi connectivity index (χ4n) is 3.76. The number of amides is 1. The summed E-state index contributed by atoms with van der Waals surface area (Å²) >= 11 is 1.37. The van der Waals surface area contributed by atoms with Crippen LogP contribution in [0.5, 0.6) is 0 Å². The van der Waals surface area contributed by atoms with Crippen LogP contribution in [-0.2, 0) is 11.3 Å². The van der Waals surface area contributed by atoms with Crippen LogP contribution in [-0.4, -0.2) is 28.6 Å². The highest BCUT2D eigenvalue weighted by Gasteiger charge is 2.31. The molecular formula is C23H24N4OS. The van der Waals surface area contributed by atoms with Gasteiger partial charge in [-0.25, -0.2) is 0 Å². The summed E-state index contributed by atoms with van der Waals surface area (Å²) in [7, 11) is 0. The van der Waals surface area contributed by atoms with Crippen LogP contribution >= 0.6 is 11.8 Å². The van der Waals surface area contributed by atoms with Crippen LogP contribution in [0.4, 0.5) is 5.69 Å². The predicted molar refractivity (Wildman–Crippen MR) is 122 cm³/mol. The summed E-state index contributed by atoms with van der Waals surface area (Å²) in [4.78, 5) is 13.7. The van der Waals surface area contributed by atoms with E-state index in [1.165, 1.54) is 34.1 Å². The molecule has 0 aliphatic carbocycles. The van der Waals surface area contributed by atoms with Crippen LogP contribution in [0, 0.1) is 0 Å². The van der Waals surface area contributed by atoms with E-state index in [0.29, 0.717) is 10.9 Å². The molecule has 2 aliphatic rings. The molecule has 2 aromatic rings. The first-order chi connectivity index (χ1) is 13.9. The molecule has 0 spiro atoms. The van der Waals surface area contributed by atoms with E-state index in [1.54, 1.807) is 6.21 Å². The maximum atomic E-state index is 11.2. The van der Waals surface area contributed by atoms with Crippen LogP contribution in [0.15, 0.2) is 64.8 Å². The van der Waals surface area contributed by atoms with Crippen molar-refractivity contribution in [3.63, 3.8) is 0 Å². The number of carbonyl (C=O) groups excluding carboxylic acids is 1. The minimum absolute atomic E-state index is 0.0281. The fourth-order valence-corrected chi connectivity index (χ4v) is 4.39. The summed E-state index contributed by atoms with van der Waals surface area (Å²) < 4.78 is 0. The smallest absolute Gasteiger partial charge is 0.236 e. The van der Waals surface area contributed by atoms with Gasteiger partial charge >= 0.3 is 0 Å². The third-order valence-electron chi connectivity index (χ3n) is 5.13. The van der Waals surface area contributed by atoms with Crippen molar-refractivity contribution in [1.82, 2.24) is 5.32 Å². The van der Waals surface area contributed by atoms with Crippen LogP contribution in [0.1, 0.15) is 37.5 Å². The number of fused-ring (bicyclic) bond motifs is 1. The zero-order valence-electron chi connectivity index (χ0n) is 16.8. The van der Waals surface area contributed by atoms with Gasteiger partial charge in [-0.2, -0.15) is 5.10 Å². The summed E-state index contributed by atoms with van der Waals surface area (Å²) in [6, 6.07) is 16.9. The lowest BCUT2D eigenvalue weighted by atomic mass is 9.87. The van der Waals surface area contributed by atoms with Crippen LogP contribution in [0.25, 0.3) is 5.57 Å². The van der Waals surface area contributed by atoms with E-state index in [4.69, 9.17) is 0 Å². The highest BCUT2D eigenvalue weighted by molar-refractivity contribution is 8.15. The number of thioether (sulfide) groups is 1. The van der Waals surface area contributed by atoms with Gasteiger partial charge in [-0.1, -0.05) is 54.2 Å². The second-order valence-electron chi connectivity index (χ2n) is 7.82. The van der Waals surface area contributed by atoms with Gasteiger partial charge in [-0.15, -0.1) is 5.10 Å². The summed E-state index contributed by atoms with van der Waals surface area (Å²) in [6.07, 6.45) is 4.05. The van der Waals surface area contributed by atoms with E-state index in [9.17, 15) is 4.79 Å². The average Bonchev–Trinajstić information content (AvgIpc) is 3.11. The van der Waals surface area contributed by atoms with Gasteiger partial charge in [0.25, 0.3) is 0 Å². The number of benzene rings is 2. The monoisotopic (exact) mass is 404 g/mol. The number of carbonyl (C=O) groups is 1. The first-order valence-corrected chi connectivity index (χ1v) is 10.6. The topological polar surface area (TPSA) is 57.1 Å². The Hall–Kier alpha value is -2.86. The molecule has 1 saturated heterocycles. The molecule has 29 heavy (non-hydrogen) atoms. The maximum absolute atomic E-state index is 11.2. The van der Waals surface area contributed by atoms with Crippen molar-refractivity contribution in [2.45, 2.75) is 32.9 Å². The van der Waals surface area contributed by atoms with Gasteiger partial charge in [-0.05, 0) is 49.6 Å². The summed E-state index contributed by atoms with van der Waals surface area (Å²) in [5.41, 5.74) is 5.88. The minimum Gasteiger partial charge on any atom is -0.358 e. The average molecular weight is 405 g/mol. The molecule has 6 heteroatoms. The van der Waals surface area contributed by atoms with Gasteiger partial charge in [0.15, 0.2) is 5.17 Å². The summed E-state index contributed by atoms with van der Waals surface area (Å²) in [6.45, 7) is 7.51. The molecule has 0 unspecified atom stereocenters. The lowest BCUT2D eigenvalue weighted by Gasteiger charge is -2.43. The normalized spacial score (nSPS) is 19.4. The van der Waals surface area contributed by atoms with E-state index >= 15 is 0 Å². The van der Waals surface area contributed by atoms with Gasteiger partial charge in [-0.3, -0.25) is 4.79 Å². The van der Waals surface area contributed by atoms with Crippen molar-refractivity contribution in [1.29, 1.82) is 0 Å². The molecule has 148 valence electrons. The number of amidine groups is 1. The van der Waals surface area contributed by atoms with Crippen LogP contribution in [0.3, 0.4) is 0 Å². The maximum Gasteiger partial charge on any atom is 0.236 e. The van der Waals surface area contributed by atoms with Crippen molar-refractivity contribution in [2.24, 2.45) is 10.2 Å². The van der Waals surface area contributed by atoms with Crippen molar-refractivity contribution in [3.05, 3.63) is 71.3 Å². The highest BCUT2D eigenvalue weighted by Crippen LogP contribution is 2.40. The Balaban J connectivity index is 1.62. The molecule has 2 heterocycles. The van der Waals surface area contributed by atoms with E-state index in [2.05, 4.69) is 89.7 Å². The van der Waals surface area contributed by atoms with E-state index in [-0.39, 0.29) is 11.4 Å². The molecule has 2 aromatic carbocycles. The van der Waals surface area contributed by atoms with Gasteiger partial charge < -0.3 is 10.2 Å². The summed E-state index contributed by atoms with van der Waals surface area (Å²) in [5, 5.41) is 11.5. The molecule has 0 radical (unpaired) electrons. The lowest BCUT2D eigenvalue weighted by Crippen LogP contribution is -2.44. The highest BCUT2D eigenvalue weighted by atomic mass is 32.2. The lowest BCUT2D eigenvalue weighted by molar-refractivity contribution is -0.116. The third kappa shape index (κ3) is 4.27. The Kier molecular flexibility index (Phi) is 5.28. The second kappa shape index (κ2) is 7.87. The van der Waals surface area contributed by atoms with E-state index in [0.717, 1.165) is 12.1 Å². The third-order valence-corrected chi connectivity index (χ3v) is 5.99. The molecule has 5 nitrogen and oxygen atoms in total. The SMILES string of the molecule is CC1=CC(C)(C)N(Cc2ccccc2)c2ccc(C=NN=C3NC(=O)CS3)cc21. The predicted octanol–water partition coefficient (Wildman–Crippen LogP) is 4.44. The quantitative estimate of drug-likeness (QED) is 0.605. The number of nitrogens with one attached hydrogen (secondary N) is 1. The molecule has 0 bridgehead atoms. The van der Waals surface area contributed by atoms with Crippen LogP contribution in [0.2, 0.25) is 0 Å². The van der Waals surface area contributed by atoms with Crippen molar-refractivity contribution in [2.75, 3.05) is 10.7 Å². The molecule has 1 N–H and O–H groups in total. The molecule has 1 fully saturated rings. The number of rotatable bonds is 4. The molecule has 2 aliphatic heterocycles. The zero-order chi connectivity index (χ0) is 20.4. The van der Waals surface area contributed by atoms with Crippen molar-refractivity contribution in [3.8, 4) is 0 Å². The number of hydrogen-bond donors (Lipinski definition) is 1. The van der Waals surface area contributed by atoms with E-state index in [1.807, 2.05) is 6.07 Å². The minimum atomic E-state index is -0.0770. The number of anilines is 1. The zero-order valence-corrected chi connectivity index (χ0v) is 17.7. The Bertz CT molecular complexity index is 1020. The Morgan fingerprint density at radius 1 is 1.21 bits per heavy atom. The molecule has 0 aromatic heterocycles. The molecule has 1 amide bonds. The number of hydrogen-bond acceptors (Lipinski definition) is 5. The Morgan fingerprint density at radius 3 is 2.72 bits per heavy atom. The number of nitrogens with zero attached hydrogens (tertiary/aromatic N) is 3. The summed E-state index contributed by atoms with van der Waals surface area (Å²) in [5.74, 6) is 0.379. The first kappa shape index (κ1) is 19.5. The molecule has 0 atom stereocenters. The van der Waals surface area contributed by atoms with Gasteiger partial charge in [0.05, 0.1) is 17.5 Å². The molecule has 4 rings (SSSR count). The van der Waals surface area contributed by atoms with Crippen molar-refractivity contribution < 1.29 is 4.79 Å². The van der Waals surface area contributed by atoms with Crippen LogP contribution < -0.4 is 10.2 Å². The van der Waals surface area contributed by atoms with E-state index < -0.39 is 0 Å². The molecular weight excluding hydrogens is 380 g/mol. The Labute approximate surface area is 175 Å². The van der Waals surface area contributed by atoms with Gasteiger partial charge in [0, 0.05) is 17.8 Å². The van der Waals surface area contributed by atoms with Gasteiger partial charge in [0.1, 0.15) is 0 Å². The molecule has 0 saturated carbocycles. The van der Waals surface area contributed by atoms with Crippen molar-refractivity contribution >= 4 is 40.3 Å².